The second-order valence-corrected chi connectivity index (χ2v) is 6.12. The first-order chi connectivity index (χ1) is 11.7. The molecule has 24 heavy (non-hydrogen) atoms. The molecule has 1 aromatic heterocycles. The number of benzene rings is 1. The van der Waals surface area contributed by atoms with Gasteiger partial charge in [0.2, 0.25) is 0 Å². The molecule has 1 aliphatic rings. The topological polar surface area (TPSA) is 62.7 Å². The Morgan fingerprint density at radius 2 is 2.21 bits per heavy atom. The van der Waals surface area contributed by atoms with E-state index in [0.717, 1.165) is 24.9 Å². The fourth-order valence-electron chi connectivity index (χ4n) is 3.23. The van der Waals surface area contributed by atoms with Gasteiger partial charge >= 0.3 is 0 Å². The Balaban J connectivity index is 1.69. The molecule has 0 spiro atoms. The highest BCUT2D eigenvalue weighted by molar-refractivity contribution is 5.96. The van der Waals surface area contributed by atoms with Gasteiger partial charge in [-0.3, -0.25) is 14.7 Å². The molecule has 0 unspecified atom stereocenters. The van der Waals surface area contributed by atoms with Crippen LogP contribution in [0.15, 0.2) is 42.6 Å². The molecule has 1 saturated heterocycles. The Morgan fingerprint density at radius 3 is 2.96 bits per heavy atom. The summed E-state index contributed by atoms with van der Waals surface area (Å²) in [7, 11) is 1.54. The van der Waals surface area contributed by atoms with Crippen LogP contribution in [0.4, 0.5) is 0 Å². The Labute approximate surface area is 141 Å². The molecular weight excluding hydrogens is 304 g/mol. The molecule has 1 aromatic carbocycles. The number of methoxy groups -OCH3 is 1. The van der Waals surface area contributed by atoms with Gasteiger partial charge < -0.3 is 9.84 Å². The number of nitrogens with zero attached hydrogens (tertiary/aromatic N) is 2. The molecule has 2 aromatic rings. The van der Waals surface area contributed by atoms with Gasteiger partial charge in [-0.15, -0.1) is 0 Å². The zero-order valence-corrected chi connectivity index (χ0v) is 13.8. The number of piperidine rings is 1. The molecule has 1 aliphatic heterocycles. The van der Waals surface area contributed by atoms with Crippen LogP contribution in [0.1, 0.15) is 28.9 Å². The van der Waals surface area contributed by atoms with Crippen LogP contribution >= 0.6 is 0 Å². The molecule has 1 N–H and O–H groups in total. The number of hydrogen-bond acceptors (Lipinski definition) is 5. The van der Waals surface area contributed by atoms with Crippen LogP contribution in [-0.4, -0.2) is 41.0 Å². The highest BCUT2D eigenvalue weighted by Gasteiger charge is 2.27. The minimum atomic E-state index is -0.0404. The largest absolute Gasteiger partial charge is 0.504 e. The molecule has 0 amide bonds. The maximum absolute atomic E-state index is 12.6. The van der Waals surface area contributed by atoms with Gasteiger partial charge in [-0.25, -0.2) is 0 Å². The fraction of sp³-hybridized carbons (Fsp3) is 0.368. The number of aromatic nitrogens is 1. The number of ketones is 1. The molecule has 0 saturated carbocycles. The summed E-state index contributed by atoms with van der Waals surface area (Å²) >= 11 is 0. The minimum Gasteiger partial charge on any atom is -0.504 e. The third-order valence-corrected chi connectivity index (χ3v) is 4.49. The SMILES string of the molecule is COc1cccc(CN2CCC[C@@H](C(=O)c3ccccn3)C2)c1O. The summed E-state index contributed by atoms with van der Waals surface area (Å²) in [6.45, 7) is 2.21. The van der Waals surface area contributed by atoms with Crippen molar-refractivity contribution < 1.29 is 14.6 Å². The standard InChI is InChI=1S/C19H22N2O3/c1-24-17-9-4-6-15(19(17)23)13-21-11-5-7-14(12-21)18(22)16-8-2-3-10-20-16/h2-4,6,8-10,14,23H,5,7,11-13H2,1H3/t14-/m1/s1. The molecule has 5 heteroatoms. The van der Waals surface area contributed by atoms with Crippen LogP contribution in [-0.2, 0) is 6.54 Å². The van der Waals surface area contributed by atoms with Gasteiger partial charge in [-0.05, 0) is 37.6 Å². The summed E-state index contributed by atoms with van der Waals surface area (Å²) in [4.78, 5) is 19.0. The lowest BCUT2D eigenvalue weighted by atomic mass is 9.91. The van der Waals surface area contributed by atoms with Crippen LogP contribution in [0.5, 0.6) is 11.5 Å². The van der Waals surface area contributed by atoms with Gasteiger partial charge in [0.25, 0.3) is 0 Å². The summed E-state index contributed by atoms with van der Waals surface area (Å²) in [5.41, 5.74) is 1.36. The van der Waals surface area contributed by atoms with E-state index in [-0.39, 0.29) is 17.5 Å². The number of para-hydroxylation sites is 1. The second-order valence-electron chi connectivity index (χ2n) is 6.12. The summed E-state index contributed by atoms with van der Waals surface area (Å²) < 4.78 is 5.16. The molecule has 1 atom stereocenters. The first-order valence-corrected chi connectivity index (χ1v) is 8.21. The molecule has 5 nitrogen and oxygen atoms in total. The summed E-state index contributed by atoms with van der Waals surface area (Å²) in [5, 5.41) is 10.2. The number of phenols is 1. The van der Waals surface area contributed by atoms with E-state index in [9.17, 15) is 9.90 Å². The van der Waals surface area contributed by atoms with Crippen molar-refractivity contribution in [1.29, 1.82) is 0 Å². The lowest BCUT2D eigenvalue weighted by Gasteiger charge is -2.32. The predicted octanol–water partition coefficient (Wildman–Crippen LogP) is 2.89. The van der Waals surface area contributed by atoms with E-state index in [0.29, 0.717) is 24.5 Å². The normalized spacial score (nSPS) is 18.3. The smallest absolute Gasteiger partial charge is 0.185 e. The van der Waals surface area contributed by atoms with Crippen molar-refractivity contribution in [2.75, 3.05) is 20.2 Å². The number of Topliss-reactive ketones (excluding diaryl/α,β-unsaturated/α-hetero) is 1. The highest BCUT2D eigenvalue weighted by atomic mass is 16.5. The second kappa shape index (κ2) is 7.45. The van der Waals surface area contributed by atoms with Crippen molar-refractivity contribution in [2.24, 2.45) is 5.92 Å². The molecule has 126 valence electrons. The fourth-order valence-corrected chi connectivity index (χ4v) is 3.23. The van der Waals surface area contributed by atoms with Gasteiger partial charge in [-0.2, -0.15) is 0 Å². The first-order valence-electron chi connectivity index (χ1n) is 8.21. The Hall–Kier alpha value is -2.40. The monoisotopic (exact) mass is 326 g/mol. The van der Waals surface area contributed by atoms with Crippen molar-refractivity contribution in [3.05, 3.63) is 53.9 Å². The van der Waals surface area contributed by atoms with Crippen LogP contribution in [0.2, 0.25) is 0 Å². The average molecular weight is 326 g/mol. The number of carbonyl (C=O) groups excluding carboxylic acids is 1. The third kappa shape index (κ3) is 3.57. The van der Waals surface area contributed by atoms with E-state index >= 15 is 0 Å². The van der Waals surface area contributed by atoms with Gasteiger partial charge in [0.15, 0.2) is 17.3 Å². The van der Waals surface area contributed by atoms with Crippen molar-refractivity contribution in [2.45, 2.75) is 19.4 Å². The molecule has 1 fully saturated rings. The minimum absolute atomic E-state index is 0.0404. The number of hydrogen-bond donors (Lipinski definition) is 1. The first kappa shape index (κ1) is 16.5. The Bertz CT molecular complexity index is 703. The molecule has 3 rings (SSSR count). The van der Waals surface area contributed by atoms with Gasteiger partial charge in [0, 0.05) is 30.8 Å². The van der Waals surface area contributed by atoms with Gasteiger partial charge in [0.1, 0.15) is 5.69 Å². The Morgan fingerprint density at radius 1 is 1.33 bits per heavy atom. The number of carbonyl (C=O) groups is 1. The summed E-state index contributed by atoms with van der Waals surface area (Å²) in [6.07, 6.45) is 3.51. The van der Waals surface area contributed by atoms with Crippen molar-refractivity contribution in [1.82, 2.24) is 9.88 Å². The van der Waals surface area contributed by atoms with E-state index in [4.69, 9.17) is 4.74 Å². The van der Waals surface area contributed by atoms with Crippen LogP contribution in [0.3, 0.4) is 0 Å². The van der Waals surface area contributed by atoms with Gasteiger partial charge in [-0.1, -0.05) is 18.2 Å². The lowest BCUT2D eigenvalue weighted by molar-refractivity contribution is 0.0805. The molecule has 2 heterocycles. The molecular formula is C19H22N2O3. The van der Waals surface area contributed by atoms with E-state index in [1.165, 1.54) is 0 Å². The van der Waals surface area contributed by atoms with Crippen molar-refractivity contribution in [3.63, 3.8) is 0 Å². The summed E-state index contributed by atoms with van der Waals surface area (Å²) in [5.74, 6) is 0.723. The van der Waals surface area contributed by atoms with Crippen molar-refractivity contribution in [3.8, 4) is 11.5 Å². The maximum atomic E-state index is 12.6. The zero-order valence-electron chi connectivity index (χ0n) is 13.8. The lowest BCUT2D eigenvalue weighted by Crippen LogP contribution is -2.38. The Kier molecular flexibility index (Phi) is 5.11. The van der Waals surface area contributed by atoms with Gasteiger partial charge in [0.05, 0.1) is 7.11 Å². The zero-order chi connectivity index (χ0) is 16.9. The summed E-state index contributed by atoms with van der Waals surface area (Å²) in [6, 6.07) is 10.9. The van der Waals surface area contributed by atoms with E-state index in [1.807, 2.05) is 24.3 Å². The number of rotatable bonds is 5. The average Bonchev–Trinajstić information content (AvgIpc) is 2.64. The molecule has 0 aliphatic carbocycles. The number of aromatic hydroxyl groups is 1. The number of ether oxygens (including phenoxy) is 1. The van der Waals surface area contributed by atoms with Crippen LogP contribution in [0, 0.1) is 5.92 Å². The number of phenolic OH excluding ortho intramolecular Hbond substituents is 1. The van der Waals surface area contributed by atoms with Crippen LogP contribution in [0.25, 0.3) is 0 Å². The maximum Gasteiger partial charge on any atom is 0.185 e. The highest BCUT2D eigenvalue weighted by Crippen LogP contribution is 2.31. The van der Waals surface area contributed by atoms with Crippen molar-refractivity contribution >= 4 is 5.78 Å². The van der Waals surface area contributed by atoms with E-state index in [2.05, 4.69) is 9.88 Å². The quantitative estimate of drug-likeness (QED) is 0.856. The predicted molar refractivity (Wildman–Crippen MR) is 91.2 cm³/mol. The third-order valence-electron chi connectivity index (χ3n) is 4.49. The molecule has 0 bridgehead atoms. The number of likely N-dealkylation sites (tertiary alicyclic amines) is 1. The van der Waals surface area contributed by atoms with E-state index < -0.39 is 0 Å². The van der Waals surface area contributed by atoms with Crippen LogP contribution < -0.4 is 4.74 Å². The number of pyridine rings is 1. The van der Waals surface area contributed by atoms with E-state index in [1.54, 1.807) is 25.4 Å². The molecule has 0 radical (unpaired) electrons.